The van der Waals surface area contributed by atoms with Gasteiger partial charge < -0.3 is 10.2 Å². The Balaban J connectivity index is 1.43. The second kappa shape index (κ2) is 9.29. The van der Waals surface area contributed by atoms with Gasteiger partial charge >= 0.3 is 0 Å². The average molecular weight is 379 g/mol. The molecule has 26 heavy (non-hydrogen) atoms. The highest BCUT2D eigenvalue weighted by Gasteiger charge is 2.31. The number of likely N-dealkylation sites (tertiary alicyclic amines) is 2. The highest BCUT2D eigenvalue weighted by atomic mass is 32.1. The number of hydrogen-bond acceptors (Lipinski definition) is 5. The fraction of sp³-hybridized carbons (Fsp3) is 0.800. The largest absolute Gasteiger partial charge is 0.355 e. The summed E-state index contributed by atoms with van der Waals surface area (Å²) in [7, 11) is 0. The van der Waals surface area contributed by atoms with E-state index >= 15 is 0 Å². The van der Waals surface area contributed by atoms with E-state index < -0.39 is 0 Å². The maximum atomic E-state index is 12.6. The molecule has 0 aromatic carbocycles. The van der Waals surface area contributed by atoms with Crippen LogP contribution in [0.25, 0.3) is 0 Å². The van der Waals surface area contributed by atoms with Crippen LogP contribution in [0.3, 0.4) is 0 Å². The van der Waals surface area contributed by atoms with Gasteiger partial charge in [0.05, 0.1) is 17.1 Å². The van der Waals surface area contributed by atoms with E-state index in [1.54, 1.807) is 11.3 Å². The van der Waals surface area contributed by atoms with Crippen LogP contribution in [0, 0.1) is 12.8 Å². The van der Waals surface area contributed by atoms with Gasteiger partial charge in [0.2, 0.25) is 5.91 Å². The van der Waals surface area contributed by atoms with Crippen LogP contribution in [0.1, 0.15) is 50.1 Å². The number of piperidine rings is 2. The number of carbonyl (C=O) groups is 1. The maximum absolute atomic E-state index is 12.6. The van der Waals surface area contributed by atoms with Gasteiger partial charge in [0.1, 0.15) is 0 Å². The summed E-state index contributed by atoms with van der Waals surface area (Å²) in [5, 5.41) is 3.17. The number of amides is 1. The molecule has 3 rings (SSSR count). The van der Waals surface area contributed by atoms with Gasteiger partial charge in [-0.25, -0.2) is 4.98 Å². The van der Waals surface area contributed by atoms with Crippen molar-refractivity contribution in [3.8, 4) is 0 Å². The molecule has 2 aliphatic rings. The zero-order valence-corrected chi connectivity index (χ0v) is 17.4. The number of rotatable bonds is 6. The molecule has 1 aromatic rings. The van der Waals surface area contributed by atoms with Gasteiger partial charge in [-0.2, -0.15) is 0 Å². The lowest BCUT2D eigenvalue weighted by Gasteiger charge is -2.43. The number of nitrogens with zero attached hydrogens (tertiary/aromatic N) is 3. The molecular weight excluding hydrogens is 344 g/mol. The average Bonchev–Trinajstić information content (AvgIpc) is 3.07. The van der Waals surface area contributed by atoms with Crippen LogP contribution in [0.4, 0.5) is 0 Å². The predicted octanol–water partition coefficient (Wildman–Crippen LogP) is 2.70. The van der Waals surface area contributed by atoms with Crippen LogP contribution < -0.4 is 5.32 Å². The molecule has 1 aromatic heterocycles. The molecule has 146 valence electrons. The van der Waals surface area contributed by atoms with Gasteiger partial charge in [-0.05, 0) is 66.1 Å². The summed E-state index contributed by atoms with van der Waals surface area (Å²) in [4.78, 5) is 23.4. The minimum atomic E-state index is 0.162. The molecule has 1 amide bonds. The van der Waals surface area contributed by atoms with Crippen molar-refractivity contribution >= 4 is 17.2 Å². The van der Waals surface area contributed by atoms with Crippen LogP contribution in [0.5, 0.6) is 0 Å². The second-order valence-corrected chi connectivity index (χ2v) is 9.04. The number of hydrogen-bond donors (Lipinski definition) is 1. The van der Waals surface area contributed by atoms with Crippen LogP contribution in [0.15, 0.2) is 5.51 Å². The molecule has 3 heterocycles. The summed E-state index contributed by atoms with van der Waals surface area (Å²) in [6.45, 7) is 11.8. The van der Waals surface area contributed by atoms with E-state index in [1.165, 1.54) is 30.8 Å². The van der Waals surface area contributed by atoms with E-state index in [9.17, 15) is 4.79 Å². The van der Waals surface area contributed by atoms with Crippen molar-refractivity contribution < 1.29 is 4.79 Å². The lowest BCUT2D eigenvalue weighted by atomic mass is 9.93. The first-order valence-electron chi connectivity index (χ1n) is 10.2. The van der Waals surface area contributed by atoms with Gasteiger partial charge in [-0.1, -0.05) is 0 Å². The van der Waals surface area contributed by atoms with Crippen molar-refractivity contribution in [2.24, 2.45) is 5.92 Å². The Morgan fingerprint density at radius 2 is 2.08 bits per heavy atom. The quantitative estimate of drug-likeness (QED) is 0.827. The van der Waals surface area contributed by atoms with Crippen molar-refractivity contribution in [1.29, 1.82) is 0 Å². The molecule has 5 nitrogen and oxygen atoms in total. The first kappa shape index (κ1) is 19.8. The van der Waals surface area contributed by atoms with Crippen molar-refractivity contribution in [1.82, 2.24) is 20.1 Å². The highest BCUT2D eigenvalue weighted by Crippen LogP contribution is 2.24. The Kier molecular flexibility index (Phi) is 7.06. The first-order chi connectivity index (χ1) is 12.5. The summed E-state index contributed by atoms with van der Waals surface area (Å²) >= 11 is 1.68. The van der Waals surface area contributed by atoms with Gasteiger partial charge in [-0.15, -0.1) is 11.3 Å². The van der Waals surface area contributed by atoms with Crippen LogP contribution in [0.2, 0.25) is 0 Å². The van der Waals surface area contributed by atoms with E-state index in [-0.39, 0.29) is 11.8 Å². The summed E-state index contributed by atoms with van der Waals surface area (Å²) in [5.74, 6) is 0.408. The third-order valence-electron chi connectivity index (χ3n) is 6.07. The summed E-state index contributed by atoms with van der Waals surface area (Å²) < 4.78 is 0. The summed E-state index contributed by atoms with van der Waals surface area (Å²) in [5.41, 5.74) is 2.98. The Labute approximate surface area is 162 Å². The van der Waals surface area contributed by atoms with Crippen molar-refractivity contribution in [3.05, 3.63) is 16.1 Å². The number of aromatic nitrogens is 1. The molecule has 0 saturated carbocycles. The molecule has 2 saturated heterocycles. The fourth-order valence-electron chi connectivity index (χ4n) is 4.33. The molecule has 2 fully saturated rings. The third-order valence-corrected chi connectivity index (χ3v) is 7.06. The van der Waals surface area contributed by atoms with E-state index in [4.69, 9.17) is 0 Å². The van der Waals surface area contributed by atoms with Crippen molar-refractivity contribution in [2.75, 3.05) is 32.7 Å². The Morgan fingerprint density at radius 1 is 1.31 bits per heavy atom. The normalized spacial score (nSPS) is 23.5. The monoisotopic (exact) mass is 378 g/mol. The smallest absolute Gasteiger partial charge is 0.224 e. The van der Waals surface area contributed by atoms with Gasteiger partial charge in [0.15, 0.2) is 0 Å². The van der Waals surface area contributed by atoms with Crippen LogP contribution in [-0.4, -0.2) is 65.5 Å². The molecule has 0 spiro atoms. The van der Waals surface area contributed by atoms with Gasteiger partial charge in [0.25, 0.3) is 0 Å². The van der Waals surface area contributed by atoms with Crippen molar-refractivity contribution in [2.45, 2.75) is 65.0 Å². The zero-order valence-electron chi connectivity index (χ0n) is 16.5. The number of aryl methyl sites for hydroxylation is 1. The molecule has 2 aliphatic heterocycles. The highest BCUT2D eigenvalue weighted by molar-refractivity contribution is 7.09. The molecule has 0 radical (unpaired) electrons. The molecule has 1 N–H and O–H groups in total. The van der Waals surface area contributed by atoms with Crippen LogP contribution in [-0.2, 0) is 11.2 Å². The SMILES string of the molecule is Cc1ncsc1CCNC(=O)C1CCCN(C2CCN(C(C)C)CC2)C1. The van der Waals surface area contributed by atoms with Gasteiger partial charge in [0, 0.05) is 36.5 Å². The Bertz CT molecular complexity index is 580. The molecule has 6 heteroatoms. The molecule has 0 bridgehead atoms. The van der Waals surface area contributed by atoms with E-state index in [2.05, 4.69) is 33.9 Å². The lowest BCUT2D eigenvalue weighted by Crippen LogP contribution is -2.51. The second-order valence-electron chi connectivity index (χ2n) is 8.10. The van der Waals surface area contributed by atoms with E-state index in [0.29, 0.717) is 12.1 Å². The minimum absolute atomic E-state index is 0.162. The Hall–Kier alpha value is -0.980. The van der Waals surface area contributed by atoms with Gasteiger partial charge in [-0.3, -0.25) is 9.69 Å². The maximum Gasteiger partial charge on any atom is 0.224 e. The Morgan fingerprint density at radius 3 is 2.73 bits per heavy atom. The standard InChI is InChI=1S/C20H34N4OS/c1-15(2)23-11-7-18(8-12-23)24-10-4-5-17(13-24)20(25)21-9-6-19-16(3)22-14-26-19/h14-15,17-18H,4-13H2,1-3H3,(H,21,25). The zero-order chi connectivity index (χ0) is 18.5. The first-order valence-corrected chi connectivity index (χ1v) is 11.1. The number of nitrogens with one attached hydrogen (secondary N) is 1. The topological polar surface area (TPSA) is 48.5 Å². The number of carbonyl (C=O) groups excluding carboxylic acids is 1. The fourth-order valence-corrected chi connectivity index (χ4v) is 5.11. The number of thiazole rings is 1. The van der Waals surface area contributed by atoms with E-state index in [1.807, 2.05) is 12.4 Å². The molecular formula is C20H34N4OS. The van der Waals surface area contributed by atoms with E-state index in [0.717, 1.165) is 44.6 Å². The molecule has 1 unspecified atom stereocenters. The summed E-state index contributed by atoms with van der Waals surface area (Å²) in [6, 6.07) is 1.32. The van der Waals surface area contributed by atoms with Crippen molar-refractivity contribution in [3.63, 3.8) is 0 Å². The molecule has 1 atom stereocenters. The minimum Gasteiger partial charge on any atom is -0.355 e. The van der Waals surface area contributed by atoms with Crippen LogP contribution >= 0.6 is 11.3 Å². The molecule has 0 aliphatic carbocycles. The predicted molar refractivity (Wildman–Crippen MR) is 108 cm³/mol. The summed E-state index contributed by atoms with van der Waals surface area (Å²) in [6.07, 6.45) is 5.57. The third kappa shape index (κ3) is 5.05. The lowest BCUT2D eigenvalue weighted by molar-refractivity contribution is -0.127.